The topological polar surface area (TPSA) is 45.2 Å². The molecule has 2 heterocycles. The fourth-order valence-corrected chi connectivity index (χ4v) is 2.56. The summed E-state index contributed by atoms with van der Waals surface area (Å²) in [6, 6.07) is 3.02. The van der Waals surface area contributed by atoms with Crippen molar-refractivity contribution in [2.75, 3.05) is 26.2 Å². The summed E-state index contributed by atoms with van der Waals surface area (Å²) in [5.41, 5.74) is 0.0117. The van der Waals surface area contributed by atoms with E-state index in [1.54, 1.807) is 6.07 Å². The number of halogens is 1. The van der Waals surface area contributed by atoms with Gasteiger partial charge in [-0.2, -0.15) is 4.39 Å². The van der Waals surface area contributed by atoms with E-state index in [4.69, 9.17) is 0 Å². The van der Waals surface area contributed by atoms with Crippen molar-refractivity contribution < 1.29 is 9.18 Å². The Hall–Kier alpha value is -1.49. The zero-order chi connectivity index (χ0) is 14.4. The van der Waals surface area contributed by atoms with Crippen molar-refractivity contribution in [1.29, 1.82) is 0 Å². The van der Waals surface area contributed by atoms with Gasteiger partial charge in [-0.05, 0) is 44.0 Å². The smallest absolute Gasteiger partial charge is 0.255 e. The fourth-order valence-electron chi connectivity index (χ4n) is 2.56. The first-order valence-electron chi connectivity index (χ1n) is 7.28. The Morgan fingerprint density at radius 1 is 1.45 bits per heavy atom. The van der Waals surface area contributed by atoms with Crippen molar-refractivity contribution in [3.05, 3.63) is 29.8 Å². The SMILES string of the molecule is CC(CNC(=O)c1cccnc1F)CN1CCCCC1. The highest BCUT2D eigenvalue weighted by molar-refractivity contribution is 5.94. The Morgan fingerprint density at radius 3 is 2.90 bits per heavy atom. The Balaban J connectivity index is 1.76. The van der Waals surface area contributed by atoms with Gasteiger partial charge in [-0.15, -0.1) is 0 Å². The van der Waals surface area contributed by atoms with Gasteiger partial charge in [0.2, 0.25) is 5.95 Å². The summed E-state index contributed by atoms with van der Waals surface area (Å²) < 4.78 is 13.4. The molecule has 1 fully saturated rings. The van der Waals surface area contributed by atoms with Crippen molar-refractivity contribution in [3.63, 3.8) is 0 Å². The molecule has 1 amide bonds. The molecule has 0 spiro atoms. The average Bonchev–Trinajstić information content (AvgIpc) is 2.46. The summed E-state index contributed by atoms with van der Waals surface area (Å²) in [4.78, 5) is 17.8. The second-order valence-electron chi connectivity index (χ2n) is 5.52. The van der Waals surface area contributed by atoms with Crippen LogP contribution < -0.4 is 5.32 Å². The number of piperidine rings is 1. The van der Waals surface area contributed by atoms with Crippen LogP contribution in [0.1, 0.15) is 36.5 Å². The summed E-state index contributed by atoms with van der Waals surface area (Å²) in [7, 11) is 0. The number of rotatable bonds is 5. The molecule has 0 aliphatic carbocycles. The van der Waals surface area contributed by atoms with Gasteiger partial charge in [-0.3, -0.25) is 4.79 Å². The molecule has 0 radical (unpaired) electrons. The first kappa shape index (κ1) is 14.9. The minimum absolute atomic E-state index is 0.0117. The number of nitrogens with zero attached hydrogens (tertiary/aromatic N) is 2. The van der Waals surface area contributed by atoms with E-state index in [9.17, 15) is 9.18 Å². The van der Waals surface area contributed by atoms with Gasteiger partial charge in [-0.25, -0.2) is 4.98 Å². The van der Waals surface area contributed by atoms with E-state index in [-0.39, 0.29) is 11.5 Å². The van der Waals surface area contributed by atoms with Crippen LogP contribution in [-0.4, -0.2) is 42.0 Å². The Morgan fingerprint density at radius 2 is 2.20 bits per heavy atom. The van der Waals surface area contributed by atoms with Crippen LogP contribution in [0, 0.1) is 11.9 Å². The second kappa shape index (κ2) is 7.33. The predicted octanol–water partition coefficient (Wildman–Crippen LogP) is 2.07. The molecule has 0 bridgehead atoms. The molecule has 1 N–H and O–H groups in total. The second-order valence-corrected chi connectivity index (χ2v) is 5.52. The van der Waals surface area contributed by atoms with E-state index in [0.717, 1.165) is 19.6 Å². The lowest BCUT2D eigenvalue weighted by atomic mass is 10.1. The van der Waals surface area contributed by atoms with Crippen LogP contribution in [-0.2, 0) is 0 Å². The molecule has 1 saturated heterocycles. The molecule has 1 aromatic rings. The lowest BCUT2D eigenvalue weighted by Crippen LogP contribution is -2.38. The number of nitrogens with one attached hydrogen (secondary N) is 1. The van der Waals surface area contributed by atoms with Gasteiger partial charge in [0, 0.05) is 19.3 Å². The summed E-state index contributed by atoms with van der Waals surface area (Å²) in [5.74, 6) is -0.744. The molecule has 1 aliphatic rings. The summed E-state index contributed by atoms with van der Waals surface area (Å²) >= 11 is 0. The maximum absolute atomic E-state index is 13.4. The number of amides is 1. The highest BCUT2D eigenvalue weighted by Gasteiger charge is 2.16. The van der Waals surface area contributed by atoms with E-state index in [1.165, 1.54) is 31.5 Å². The third-order valence-corrected chi connectivity index (χ3v) is 3.63. The van der Waals surface area contributed by atoms with Gasteiger partial charge < -0.3 is 10.2 Å². The maximum atomic E-state index is 13.4. The summed E-state index contributed by atoms with van der Waals surface area (Å²) in [5, 5.41) is 2.78. The molecule has 5 heteroatoms. The zero-order valence-electron chi connectivity index (χ0n) is 11.9. The summed E-state index contributed by atoms with van der Waals surface area (Å²) in [6.07, 6.45) is 5.19. The minimum Gasteiger partial charge on any atom is -0.352 e. The van der Waals surface area contributed by atoms with Crippen molar-refractivity contribution in [2.45, 2.75) is 26.2 Å². The van der Waals surface area contributed by atoms with Gasteiger partial charge in [0.05, 0.1) is 5.56 Å². The van der Waals surface area contributed by atoms with E-state index in [1.807, 2.05) is 0 Å². The average molecular weight is 279 g/mol. The monoisotopic (exact) mass is 279 g/mol. The van der Waals surface area contributed by atoms with Crippen molar-refractivity contribution >= 4 is 5.91 Å². The fraction of sp³-hybridized carbons (Fsp3) is 0.600. The third kappa shape index (κ3) is 4.27. The van der Waals surface area contributed by atoms with Crippen LogP contribution in [0.3, 0.4) is 0 Å². The molecule has 1 unspecified atom stereocenters. The molecule has 0 aromatic carbocycles. The van der Waals surface area contributed by atoms with E-state index >= 15 is 0 Å². The van der Waals surface area contributed by atoms with Gasteiger partial charge >= 0.3 is 0 Å². The molecule has 1 atom stereocenters. The quantitative estimate of drug-likeness (QED) is 0.839. The number of hydrogen-bond donors (Lipinski definition) is 1. The molecule has 1 aliphatic heterocycles. The molecule has 4 nitrogen and oxygen atoms in total. The van der Waals surface area contributed by atoms with E-state index in [0.29, 0.717) is 12.5 Å². The zero-order valence-corrected chi connectivity index (χ0v) is 11.9. The van der Waals surface area contributed by atoms with Crippen LogP contribution in [0.25, 0.3) is 0 Å². The molecular formula is C15H22FN3O. The van der Waals surface area contributed by atoms with Crippen molar-refractivity contribution in [2.24, 2.45) is 5.92 Å². The first-order chi connectivity index (χ1) is 9.66. The van der Waals surface area contributed by atoms with Crippen LogP contribution in [0.5, 0.6) is 0 Å². The molecule has 20 heavy (non-hydrogen) atoms. The predicted molar refractivity (Wildman–Crippen MR) is 76.0 cm³/mol. The Labute approximate surface area is 119 Å². The molecule has 0 saturated carbocycles. The van der Waals surface area contributed by atoms with Crippen molar-refractivity contribution in [1.82, 2.24) is 15.2 Å². The number of carbonyl (C=O) groups excluding carboxylic acids is 1. The van der Waals surface area contributed by atoms with E-state index in [2.05, 4.69) is 22.1 Å². The number of pyridine rings is 1. The van der Waals surface area contributed by atoms with Gasteiger partial charge in [0.15, 0.2) is 0 Å². The molecule has 1 aromatic heterocycles. The molecular weight excluding hydrogens is 257 g/mol. The van der Waals surface area contributed by atoms with Crippen LogP contribution in [0.15, 0.2) is 18.3 Å². The normalized spacial score (nSPS) is 17.7. The highest BCUT2D eigenvalue weighted by Crippen LogP contribution is 2.10. The number of likely N-dealkylation sites (tertiary alicyclic amines) is 1. The number of aromatic nitrogens is 1. The van der Waals surface area contributed by atoms with Gasteiger partial charge in [-0.1, -0.05) is 13.3 Å². The summed E-state index contributed by atoms with van der Waals surface area (Å²) in [6.45, 7) is 5.94. The molecule has 110 valence electrons. The maximum Gasteiger partial charge on any atom is 0.255 e. The third-order valence-electron chi connectivity index (χ3n) is 3.63. The lowest BCUT2D eigenvalue weighted by molar-refractivity contribution is 0.0937. The van der Waals surface area contributed by atoms with Gasteiger partial charge in [0.1, 0.15) is 0 Å². The standard InChI is InChI=1S/C15H22FN3O/c1-12(11-19-8-3-2-4-9-19)10-18-15(20)13-6-5-7-17-14(13)16/h5-7,12H,2-4,8-11H2,1H3,(H,18,20). The lowest BCUT2D eigenvalue weighted by Gasteiger charge is -2.29. The molecule has 2 rings (SSSR count). The van der Waals surface area contributed by atoms with Gasteiger partial charge in [0.25, 0.3) is 5.91 Å². The largest absolute Gasteiger partial charge is 0.352 e. The number of hydrogen-bond acceptors (Lipinski definition) is 3. The van der Waals surface area contributed by atoms with Crippen LogP contribution in [0.4, 0.5) is 4.39 Å². The van der Waals surface area contributed by atoms with Crippen LogP contribution >= 0.6 is 0 Å². The first-order valence-corrected chi connectivity index (χ1v) is 7.28. The highest BCUT2D eigenvalue weighted by atomic mass is 19.1. The number of carbonyl (C=O) groups is 1. The Bertz CT molecular complexity index is 446. The Kier molecular flexibility index (Phi) is 5.47. The van der Waals surface area contributed by atoms with Crippen LogP contribution in [0.2, 0.25) is 0 Å². The van der Waals surface area contributed by atoms with Crippen molar-refractivity contribution in [3.8, 4) is 0 Å². The van der Waals surface area contributed by atoms with E-state index < -0.39 is 5.95 Å². The minimum atomic E-state index is -0.714.